The lowest BCUT2D eigenvalue weighted by atomic mass is 10.1. The molecule has 6 rings (SSSR count). The first-order chi connectivity index (χ1) is 15.2. The van der Waals surface area contributed by atoms with E-state index in [1.165, 1.54) is 15.7 Å². The molecule has 0 radical (unpaired) electrons. The first-order valence-electron chi connectivity index (χ1n) is 10.5. The van der Waals surface area contributed by atoms with Crippen LogP contribution in [0.25, 0.3) is 21.3 Å². The van der Waals surface area contributed by atoms with Gasteiger partial charge in [-0.1, -0.05) is 24.3 Å². The molecule has 156 valence electrons. The van der Waals surface area contributed by atoms with Gasteiger partial charge in [0.25, 0.3) is 0 Å². The van der Waals surface area contributed by atoms with Crippen molar-refractivity contribution in [3.05, 3.63) is 60.2 Å². The molecule has 1 unspecified atom stereocenters. The smallest absolute Gasteiger partial charge is 0.180 e. The molecule has 4 aromatic rings. The van der Waals surface area contributed by atoms with E-state index in [9.17, 15) is 0 Å². The topological polar surface area (TPSA) is 69.9 Å². The minimum absolute atomic E-state index is 0.214. The summed E-state index contributed by atoms with van der Waals surface area (Å²) in [4.78, 5) is 9.76. The number of fused-ring (bicyclic) bond motifs is 2. The van der Waals surface area contributed by atoms with Crippen LogP contribution in [0, 0.1) is 0 Å². The van der Waals surface area contributed by atoms with Gasteiger partial charge in [0.15, 0.2) is 11.5 Å². The quantitative estimate of drug-likeness (QED) is 0.512. The highest BCUT2D eigenvalue weighted by Crippen LogP contribution is 2.33. The van der Waals surface area contributed by atoms with Crippen LogP contribution in [0.15, 0.2) is 53.9 Å². The number of rotatable bonds is 4. The minimum atomic E-state index is 0.214. The van der Waals surface area contributed by atoms with Crippen molar-refractivity contribution in [1.29, 1.82) is 0 Å². The van der Waals surface area contributed by atoms with E-state index in [4.69, 9.17) is 9.97 Å². The number of hydrazone groups is 1. The molecule has 0 aliphatic carbocycles. The van der Waals surface area contributed by atoms with Crippen LogP contribution in [0.5, 0.6) is 0 Å². The number of nitrogens with one attached hydrogen (secondary N) is 2. The third kappa shape index (κ3) is 3.37. The Morgan fingerprint density at radius 2 is 2.19 bits per heavy atom. The zero-order valence-corrected chi connectivity index (χ0v) is 18.1. The highest BCUT2D eigenvalue weighted by atomic mass is 32.1. The van der Waals surface area contributed by atoms with Gasteiger partial charge in [-0.25, -0.2) is 9.97 Å². The van der Waals surface area contributed by atoms with E-state index in [2.05, 4.69) is 62.7 Å². The summed E-state index contributed by atoms with van der Waals surface area (Å²) in [5.74, 6) is 0.996. The van der Waals surface area contributed by atoms with Crippen LogP contribution in [0.3, 0.4) is 0 Å². The summed E-state index contributed by atoms with van der Waals surface area (Å²) in [6.45, 7) is 2.70. The van der Waals surface area contributed by atoms with Crippen molar-refractivity contribution in [1.82, 2.24) is 24.7 Å². The summed E-state index contributed by atoms with van der Waals surface area (Å²) in [7, 11) is 2.00. The number of anilines is 2. The second-order valence-electron chi connectivity index (χ2n) is 8.03. The van der Waals surface area contributed by atoms with Crippen molar-refractivity contribution in [3.8, 4) is 0 Å². The molecule has 1 aromatic carbocycles. The standard InChI is InChI=1S/C23H23N7S/c1-29-13-17(11-26-29)19-12-25-23-22(28-21-9-15-5-2-3-7-20(15)31-21)27-18(14-30(19)23)16-6-4-8-24-10-16/h2-3,5-7,9,11-12,14,17,24H,4,8,10,13H2,1H3,(H,27,28). The Balaban J connectivity index is 1.47. The molecular formula is C23H23N7S. The number of hydrogen-bond acceptors (Lipinski definition) is 7. The third-order valence-electron chi connectivity index (χ3n) is 5.83. The van der Waals surface area contributed by atoms with Crippen LogP contribution >= 0.6 is 11.3 Å². The lowest BCUT2D eigenvalue weighted by Crippen LogP contribution is -2.22. The van der Waals surface area contributed by atoms with Crippen molar-refractivity contribution >= 4 is 49.7 Å². The summed E-state index contributed by atoms with van der Waals surface area (Å²) in [6.07, 6.45) is 9.39. The molecule has 7 nitrogen and oxygen atoms in total. The zero-order valence-electron chi connectivity index (χ0n) is 17.2. The molecule has 1 atom stereocenters. The molecule has 2 aliphatic rings. The van der Waals surface area contributed by atoms with Gasteiger partial charge in [-0.3, -0.25) is 9.41 Å². The molecule has 0 saturated heterocycles. The van der Waals surface area contributed by atoms with Crippen LogP contribution in [0.2, 0.25) is 0 Å². The maximum Gasteiger partial charge on any atom is 0.180 e. The largest absolute Gasteiger partial charge is 0.329 e. The molecule has 0 bridgehead atoms. The number of benzene rings is 1. The van der Waals surface area contributed by atoms with Crippen molar-refractivity contribution in [2.45, 2.75) is 12.3 Å². The molecular weight excluding hydrogens is 406 g/mol. The number of imidazole rings is 1. The van der Waals surface area contributed by atoms with E-state index in [1.54, 1.807) is 11.3 Å². The van der Waals surface area contributed by atoms with Gasteiger partial charge in [-0.05, 0) is 36.1 Å². The second kappa shape index (κ2) is 7.47. The van der Waals surface area contributed by atoms with E-state index in [-0.39, 0.29) is 5.92 Å². The van der Waals surface area contributed by atoms with Crippen LogP contribution in [-0.2, 0) is 0 Å². The average molecular weight is 430 g/mol. The van der Waals surface area contributed by atoms with Crippen LogP contribution in [0.1, 0.15) is 23.7 Å². The molecule has 0 fully saturated rings. The van der Waals surface area contributed by atoms with Crippen molar-refractivity contribution in [2.75, 3.05) is 32.0 Å². The molecule has 2 N–H and O–H groups in total. The summed E-state index contributed by atoms with van der Waals surface area (Å²) in [6, 6.07) is 10.6. The van der Waals surface area contributed by atoms with Gasteiger partial charge in [0.05, 0.1) is 28.5 Å². The lowest BCUT2D eigenvalue weighted by molar-refractivity contribution is 0.380. The summed E-state index contributed by atoms with van der Waals surface area (Å²) >= 11 is 1.73. The van der Waals surface area contributed by atoms with Crippen LogP contribution in [-0.4, -0.2) is 52.3 Å². The predicted octanol–water partition coefficient (Wildman–Crippen LogP) is 4.08. The third-order valence-corrected chi connectivity index (χ3v) is 6.86. The molecule has 8 heteroatoms. The number of likely N-dealkylation sites (N-methyl/N-ethyl adjacent to an activating group) is 1. The van der Waals surface area contributed by atoms with Gasteiger partial charge >= 0.3 is 0 Å². The second-order valence-corrected chi connectivity index (χ2v) is 9.11. The molecule has 2 aliphatic heterocycles. The van der Waals surface area contributed by atoms with Gasteiger partial charge in [-0.15, -0.1) is 11.3 Å². The number of aromatic nitrogens is 3. The average Bonchev–Trinajstić information content (AvgIpc) is 3.51. The Morgan fingerprint density at radius 1 is 1.26 bits per heavy atom. The molecule has 5 heterocycles. The van der Waals surface area contributed by atoms with E-state index in [1.807, 2.05) is 24.5 Å². The fourth-order valence-electron chi connectivity index (χ4n) is 4.26. The van der Waals surface area contributed by atoms with E-state index in [0.29, 0.717) is 0 Å². The minimum Gasteiger partial charge on any atom is -0.329 e. The first-order valence-corrected chi connectivity index (χ1v) is 11.4. The Morgan fingerprint density at radius 3 is 3.00 bits per heavy atom. The Kier molecular flexibility index (Phi) is 4.47. The highest BCUT2D eigenvalue weighted by Gasteiger charge is 2.23. The summed E-state index contributed by atoms with van der Waals surface area (Å²) < 4.78 is 3.44. The highest BCUT2D eigenvalue weighted by molar-refractivity contribution is 7.22. The SMILES string of the molecule is CN1CC(c2cnc3c(Nc4cc5ccccc5s4)nc(C4=CCCNC4)cn23)C=N1. The van der Waals surface area contributed by atoms with Crippen LogP contribution < -0.4 is 10.6 Å². The lowest BCUT2D eigenvalue weighted by Gasteiger charge is -2.17. The van der Waals surface area contributed by atoms with Crippen molar-refractivity contribution < 1.29 is 0 Å². The monoisotopic (exact) mass is 429 g/mol. The Labute approximate surface area is 184 Å². The van der Waals surface area contributed by atoms with Gasteiger partial charge in [0.1, 0.15) is 0 Å². The molecule has 0 amide bonds. The first kappa shape index (κ1) is 18.5. The number of hydrogen-bond donors (Lipinski definition) is 2. The molecule has 0 saturated carbocycles. The maximum absolute atomic E-state index is 5.00. The summed E-state index contributed by atoms with van der Waals surface area (Å²) in [5, 5.41) is 15.7. The van der Waals surface area contributed by atoms with Gasteiger partial charge in [-0.2, -0.15) is 5.10 Å². The van der Waals surface area contributed by atoms with E-state index in [0.717, 1.165) is 53.9 Å². The maximum atomic E-state index is 5.00. The Bertz CT molecular complexity index is 1300. The summed E-state index contributed by atoms with van der Waals surface area (Å²) in [5.41, 5.74) is 4.18. The zero-order chi connectivity index (χ0) is 20.8. The predicted molar refractivity (Wildman–Crippen MR) is 127 cm³/mol. The van der Waals surface area contributed by atoms with Gasteiger partial charge in [0.2, 0.25) is 0 Å². The Hall–Kier alpha value is -3.23. The fraction of sp³-hybridized carbons (Fsp3) is 0.261. The molecule has 0 spiro atoms. The van der Waals surface area contributed by atoms with Crippen molar-refractivity contribution in [2.24, 2.45) is 5.10 Å². The van der Waals surface area contributed by atoms with Crippen LogP contribution in [0.4, 0.5) is 10.8 Å². The number of thiophene rings is 1. The van der Waals surface area contributed by atoms with E-state index >= 15 is 0 Å². The fourth-order valence-corrected chi connectivity index (χ4v) is 5.22. The normalized spacial score (nSPS) is 18.8. The van der Waals surface area contributed by atoms with Gasteiger partial charge < -0.3 is 10.6 Å². The van der Waals surface area contributed by atoms with E-state index < -0.39 is 0 Å². The van der Waals surface area contributed by atoms with Gasteiger partial charge in [0, 0.05) is 37.2 Å². The number of nitrogens with zero attached hydrogens (tertiary/aromatic N) is 5. The van der Waals surface area contributed by atoms with Crippen molar-refractivity contribution in [3.63, 3.8) is 0 Å². The molecule has 3 aromatic heterocycles. The molecule has 31 heavy (non-hydrogen) atoms.